The van der Waals surface area contributed by atoms with Crippen molar-refractivity contribution in [2.45, 2.75) is 58.2 Å². The van der Waals surface area contributed by atoms with E-state index in [0.29, 0.717) is 0 Å². The van der Waals surface area contributed by atoms with Crippen LogP contribution in [0.15, 0.2) is 0 Å². The fourth-order valence-electron chi connectivity index (χ4n) is 1.04. The fraction of sp³-hybridized carbons (Fsp3) is 0.909. The van der Waals surface area contributed by atoms with Gasteiger partial charge in [0.25, 0.3) is 0 Å². The summed E-state index contributed by atoms with van der Waals surface area (Å²) in [6, 6.07) is 0. The lowest BCUT2D eigenvalue weighted by Crippen LogP contribution is -2.52. The van der Waals surface area contributed by atoms with E-state index < -0.39 is 27.2 Å². The van der Waals surface area contributed by atoms with Crippen molar-refractivity contribution in [3.05, 3.63) is 0 Å². The summed E-state index contributed by atoms with van der Waals surface area (Å²) >= 11 is 0. The van der Waals surface area contributed by atoms with Crippen LogP contribution in [0.1, 0.15) is 48.0 Å². The minimum absolute atomic E-state index is 0.0352. The van der Waals surface area contributed by atoms with Gasteiger partial charge >= 0.3 is 5.97 Å². The molecule has 4 nitrogen and oxygen atoms in total. The zero-order valence-corrected chi connectivity index (χ0v) is 11.8. The van der Waals surface area contributed by atoms with Crippen LogP contribution in [0, 0.1) is 5.92 Å². The number of hydrogen-bond acceptors (Lipinski definition) is 2. The van der Waals surface area contributed by atoms with E-state index >= 15 is 0 Å². The Balaban J connectivity index is 4.83. The van der Waals surface area contributed by atoms with Crippen molar-refractivity contribution in [2.75, 3.05) is 0 Å². The van der Waals surface area contributed by atoms with E-state index in [1.807, 2.05) is 34.6 Å². The summed E-state index contributed by atoms with van der Waals surface area (Å²) < 4.78 is 14.5. The molecule has 0 saturated carbocycles. The Bertz CT molecular complexity index is 283. The first-order valence-electron chi connectivity index (χ1n) is 5.40. The van der Waals surface area contributed by atoms with Crippen LogP contribution in [0.2, 0.25) is 0 Å². The monoisotopic (exact) mass is 249 g/mol. The predicted octanol–water partition coefficient (Wildman–Crippen LogP) is 1.93. The fourth-order valence-corrected chi connectivity index (χ4v) is 2.07. The predicted molar refractivity (Wildman–Crippen MR) is 66.5 cm³/mol. The first kappa shape index (κ1) is 15.6. The number of carboxylic acids is 1. The van der Waals surface area contributed by atoms with Gasteiger partial charge in [-0.3, -0.25) is 4.79 Å². The number of rotatable bonds is 5. The van der Waals surface area contributed by atoms with Gasteiger partial charge in [0.2, 0.25) is 0 Å². The third-order valence-corrected chi connectivity index (χ3v) is 4.44. The van der Waals surface area contributed by atoms with Gasteiger partial charge in [-0.2, -0.15) is 0 Å². The molecule has 0 spiro atoms. The number of aliphatic carboxylic acids is 1. The van der Waals surface area contributed by atoms with E-state index in [4.69, 9.17) is 5.11 Å². The zero-order chi connectivity index (χ0) is 13.1. The Kier molecular flexibility index (Phi) is 5.14. The van der Waals surface area contributed by atoms with Crippen LogP contribution in [0.3, 0.4) is 0 Å². The SMILES string of the molecule is CC(C)[C@](C)(CC(=O)O)N[S@](=O)C(C)(C)C. The van der Waals surface area contributed by atoms with Crippen molar-refractivity contribution in [3.63, 3.8) is 0 Å². The molecule has 16 heavy (non-hydrogen) atoms. The normalized spacial score (nSPS) is 18.2. The molecule has 0 unspecified atom stereocenters. The molecule has 0 heterocycles. The molecule has 0 radical (unpaired) electrons. The Labute approximate surface area is 100 Å². The van der Waals surface area contributed by atoms with E-state index in [1.165, 1.54) is 0 Å². The second-order valence-corrected chi connectivity index (χ2v) is 7.59. The molecule has 2 N–H and O–H groups in total. The topological polar surface area (TPSA) is 66.4 Å². The number of carboxylic acid groups (broad SMARTS) is 1. The smallest absolute Gasteiger partial charge is 0.305 e. The van der Waals surface area contributed by atoms with Gasteiger partial charge < -0.3 is 5.11 Å². The molecule has 5 heteroatoms. The van der Waals surface area contributed by atoms with Gasteiger partial charge in [-0.1, -0.05) is 13.8 Å². The van der Waals surface area contributed by atoms with E-state index in [9.17, 15) is 9.00 Å². The van der Waals surface area contributed by atoms with Gasteiger partial charge in [0.15, 0.2) is 0 Å². The third-order valence-electron chi connectivity index (χ3n) is 2.67. The zero-order valence-electron chi connectivity index (χ0n) is 11.0. The van der Waals surface area contributed by atoms with Crippen molar-refractivity contribution in [1.82, 2.24) is 4.72 Å². The van der Waals surface area contributed by atoms with E-state index in [0.717, 1.165) is 0 Å². The van der Waals surface area contributed by atoms with Crippen LogP contribution in [-0.2, 0) is 15.8 Å². The van der Waals surface area contributed by atoms with Gasteiger partial charge in [0.05, 0.1) is 22.2 Å². The molecule has 0 aliphatic rings. The number of nitrogens with one attached hydrogen (secondary N) is 1. The molecule has 0 aliphatic carbocycles. The Morgan fingerprint density at radius 1 is 1.31 bits per heavy atom. The quantitative estimate of drug-likeness (QED) is 0.782. The Hall–Kier alpha value is -0.420. The molecule has 96 valence electrons. The van der Waals surface area contributed by atoms with Crippen LogP contribution < -0.4 is 4.72 Å². The van der Waals surface area contributed by atoms with Gasteiger partial charge in [-0.05, 0) is 33.6 Å². The number of carbonyl (C=O) groups is 1. The van der Waals surface area contributed by atoms with Crippen molar-refractivity contribution in [2.24, 2.45) is 5.92 Å². The minimum atomic E-state index is -1.26. The summed E-state index contributed by atoms with van der Waals surface area (Å²) in [6.07, 6.45) is -0.0352. The highest BCUT2D eigenvalue weighted by atomic mass is 32.2. The molecule has 0 bridgehead atoms. The molecule has 2 atom stereocenters. The Morgan fingerprint density at radius 3 is 2.00 bits per heavy atom. The molecule has 0 saturated heterocycles. The lowest BCUT2D eigenvalue weighted by atomic mass is 9.86. The lowest BCUT2D eigenvalue weighted by molar-refractivity contribution is -0.138. The molecular formula is C11H23NO3S. The van der Waals surface area contributed by atoms with Gasteiger partial charge in [0, 0.05) is 5.54 Å². The first-order chi connectivity index (χ1) is 6.99. The van der Waals surface area contributed by atoms with Gasteiger partial charge in [0.1, 0.15) is 0 Å². The van der Waals surface area contributed by atoms with Crippen LogP contribution in [-0.4, -0.2) is 25.6 Å². The summed E-state index contributed by atoms with van der Waals surface area (Å²) in [4.78, 5) is 10.8. The van der Waals surface area contributed by atoms with Crippen LogP contribution in [0.5, 0.6) is 0 Å². The van der Waals surface area contributed by atoms with Gasteiger partial charge in [-0.25, -0.2) is 8.93 Å². The third kappa shape index (κ3) is 4.61. The summed E-state index contributed by atoms with van der Waals surface area (Å²) in [5.74, 6) is -0.787. The van der Waals surface area contributed by atoms with Crippen LogP contribution in [0.25, 0.3) is 0 Å². The molecular weight excluding hydrogens is 226 g/mol. The summed E-state index contributed by atoms with van der Waals surface area (Å²) in [7, 11) is -1.26. The minimum Gasteiger partial charge on any atom is -0.481 e. The van der Waals surface area contributed by atoms with E-state index in [1.54, 1.807) is 6.92 Å². The van der Waals surface area contributed by atoms with Crippen molar-refractivity contribution >= 4 is 17.0 Å². The first-order valence-corrected chi connectivity index (χ1v) is 6.55. The standard InChI is InChI=1S/C11H23NO3S/c1-8(2)11(6,7-9(13)14)12-16(15)10(3,4)5/h8,12H,7H2,1-6H3,(H,13,14)/t11-,16+/m0/s1. The summed E-state index contributed by atoms with van der Waals surface area (Å²) in [6.45, 7) is 11.2. The van der Waals surface area contributed by atoms with E-state index in [2.05, 4.69) is 4.72 Å². The summed E-state index contributed by atoms with van der Waals surface area (Å²) in [5.41, 5.74) is -0.649. The highest BCUT2D eigenvalue weighted by Crippen LogP contribution is 2.23. The highest BCUT2D eigenvalue weighted by Gasteiger charge is 2.35. The maximum absolute atomic E-state index is 12.0. The average Bonchev–Trinajstić information content (AvgIpc) is 1.99. The molecule has 0 aromatic rings. The van der Waals surface area contributed by atoms with Crippen LogP contribution in [0.4, 0.5) is 0 Å². The molecule has 0 amide bonds. The largest absolute Gasteiger partial charge is 0.481 e. The molecule has 0 rings (SSSR count). The Morgan fingerprint density at radius 2 is 1.75 bits per heavy atom. The maximum Gasteiger partial charge on any atom is 0.305 e. The van der Waals surface area contributed by atoms with Gasteiger partial charge in [-0.15, -0.1) is 0 Å². The molecule has 0 aromatic carbocycles. The second-order valence-electron chi connectivity index (χ2n) is 5.63. The number of hydrogen-bond donors (Lipinski definition) is 2. The van der Waals surface area contributed by atoms with Crippen LogP contribution >= 0.6 is 0 Å². The van der Waals surface area contributed by atoms with Crippen molar-refractivity contribution in [1.29, 1.82) is 0 Å². The van der Waals surface area contributed by atoms with Crippen molar-refractivity contribution < 1.29 is 14.1 Å². The lowest BCUT2D eigenvalue weighted by Gasteiger charge is -2.35. The molecule has 0 aliphatic heterocycles. The molecule has 0 aromatic heterocycles. The average molecular weight is 249 g/mol. The highest BCUT2D eigenvalue weighted by molar-refractivity contribution is 7.84. The summed E-state index contributed by atoms with van der Waals surface area (Å²) in [5, 5.41) is 8.87. The van der Waals surface area contributed by atoms with E-state index in [-0.39, 0.29) is 12.3 Å². The van der Waals surface area contributed by atoms with Crippen molar-refractivity contribution in [3.8, 4) is 0 Å². The maximum atomic E-state index is 12.0. The molecule has 0 fully saturated rings. The second kappa shape index (κ2) is 5.27.